The Labute approximate surface area is 133 Å². The maximum Gasteiger partial charge on any atom is 0.223 e. The van der Waals surface area contributed by atoms with Gasteiger partial charge < -0.3 is 10.4 Å². The van der Waals surface area contributed by atoms with Gasteiger partial charge in [0.05, 0.1) is 0 Å². The van der Waals surface area contributed by atoms with Crippen LogP contribution in [0.1, 0.15) is 38.8 Å². The van der Waals surface area contributed by atoms with Crippen LogP contribution in [0, 0.1) is 23.7 Å². The Kier molecular flexibility index (Phi) is 6.37. The molecule has 122 valence electrons. The van der Waals surface area contributed by atoms with Gasteiger partial charge in [-0.3, -0.25) is 9.78 Å². The van der Waals surface area contributed by atoms with E-state index in [1.807, 2.05) is 18.2 Å². The van der Waals surface area contributed by atoms with Crippen LogP contribution in [0.25, 0.3) is 0 Å². The number of nitrogens with zero attached hydrogens (tertiary/aromatic N) is 1. The summed E-state index contributed by atoms with van der Waals surface area (Å²) in [4.78, 5) is 16.6. The van der Waals surface area contributed by atoms with Gasteiger partial charge in [0.25, 0.3) is 0 Å². The lowest BCUT2D eigenvalue weighted by Gasteiger charge is -2.30. The number of amides is 1. The largest absolute Gasteiger partial charge is 0.396 e. The molecule has 1 aliphatic carbocycles. The van der Waals surface area contributed by atoms with E-state index in [2.05, 4.69) is 24.1 Å². The van der Waals surface area contributed by atoms with Gasteiger partial charge in [-0.25, -0.2) is 0 Å². The second-order valence-corrected chi connectivity index (χ2v) is 6.93. The van der Waals surface area contributed by atoms with Crippen LogP contribution in [0.4, 0.5) is 0 Å². The van der Waals surface area contributed by atoms with Crippen LogP contribution in [0.3, 0.4) is 0 Å². The van der Waals surface area contributed by atoms with Crippen molar-refractivity contribution in [2.24, 2.45) is 23.7 Å². The number of hydrogen-bond donors (Lipinski definition) is 2. The number of aliphatic hydroxyl groups excluding tert-OH is 1. The number of pyridine rings is 1. The normalized spacial score (nSPS) is 26.4. The first-order valence-electron chi connectivity index (χ1n) is 8.37. The van der Waals surface area contributed by atoms with Gasteiger partial charge in [-0.1, -0.05) is 19.9 Å². The third-order valence-electron chi connectivity index (χ3n) is 4.60. The van der Waals surface area contributed by atoms with Crippen LogP contribution in [-0.2, 0) is 11.2 Å². The summed E-state index contributed by atoms with van der Waals surface area (Å²) < 4.78 is 0. The average molecular weight is 304 g/mol. The lowest BCUT2D eigenvalue weighted by molar-refractivity contribution is -0.127. The number of rotatable bonds is 6. The summed E-state index contributed by atoms with van der Waals surface area (Å²) in [6.45, 7) is 5.04. The third kappa shape index (κ3) is 5.09. The smallest absolute Gasteiger partial charge is 0.223 e. The lowest BCUT2D eigenvalue weighted by Crippen LogP contribution is -2.38. The summed E-state index contributed by atoms with van der Waals surface area (Å²) in [7, 11) is 0. The van der Waals surface area contributed by atoms with E-state index in [9.17, 15) is 9.90 Å². The Morgan fingerprint density at radius 2 is 2.05 bits per heavy atom. The molecule has 1 aromatic heterocycles. The van der Waals surface area contributed by atoms with Crippen molar-refractivity contribution in [3.63, 3.8) is 0 Å². The van der Waals surface area contributed by atoms with Gasteiger partial charge in [0.15, 0.2) is 0 Å². The Balaban J connectivity index is 1.81. The first kappa shape index (κ1) is 16.9. The van der Waals surface area contributed by atoms with Gasteiger partial charge >= 0.3 is 0 Å². The molecule has 0 radical (unpaired) electrons. The number of nitrogens with one attached hydrogen (secondary N) is 1. The number of aromatic nitrogens is 1. The van der Waals surface area contributed by atoms with Crippen molar-refractivity contribution < 1.29 is 9.90 Å². The minimum atomic E-state index is 0.0253. The maximum atomic E-state index is 12.4. The molecule has 1 amide bonds. The van der Waals surface area contributed by atoms with Crippen LogP contribution < -0.4 is 5.32 Å². The Morgan fingerprint density at radius 3 is 2.64 bits per heavy atom. The molecule has 1 aromatic rings. The predicted molar refractivity (Wildman–Crippen MR) is 87.2 cm³/mol. The van der Waals surface area contributed by atoms with Crippen LogP contribution in [-0.4, -0.2) is 29.1 Å². The molecule has 1 fully saturated rings. The molecule has 3 unspecified atom stereocenters. The van der Waals surface area contributed by atoms with Gasteiger partial charge in [-0.15, -0.1) is 0 Å². The Bertz CT molecular complexity index is 453. The van der Waals surface area contributed by atoms with Gasteiger partial charge in [0.2, 0.25) is 5.91 Å². The topological polar surface area (TPSA) is 62.2 Å². The summed E-state index contributed by atoms with van der Waals surface area (Å²) in [5, 5.41) is 12.6. The molecule has 4 nitrogen and oxygen atoms in total. The highest BCUT2D eigenvalue weighted by atomic mass is 16.3. The molecule has 2 N–H and O–H groups in total. The van der Waals surface area contributed by atoms with Gasteiger partial charge in [0, 0.05) is 36.9 Å². The summed E-state index contributed by atoms with van der Waals surface area (Å²) in [6.07, 6.45) is 5.64. The number of carbonyl (C=O) groups is 1. The fraction of sp³-hybridized carbons (Fsp3) is 0.667. The molecule has 0 spiro atoms. The third-order valence-corrected chi connectivity index (χ3v) is 4.60. The number of hydrogen-bond acceptors (Lipinski definition) is 3. The highest BCUT2D eigenvalue weighted by molar-refractivity contribution is 5.78. The van der Waals surface area contributed by atoms with Crippen LogP contribution in [0.15, 0.2) is 24.4 Å². The van der Waals surface area contributed by atoms with Gasteiger partial charge in [0.1, 0.15) is 0 Å². The van der Waals surface area contributed by atoms with E-state index in [-0.39, 0.29) is 24.3 Å². The van der Waals surface area contributed by atoms with E-state index >= 15 is 0 Å². The Morgan fingerprint density at radius 1 is 1.32 bits per heavy atom. The second kappa shape index (κ2) is 8.28. The average Bonchev–Trinajstić information content (AvgIpc) is 2.51. The SMILES string of the molecule is CC1CC(C)CC(C(=O)NCC(CO)Cc2ccccn2)C1. The second-order valence-electron chi connectivity index (χ2n) is 6.93. The lowest BCUT2D eigenvalue weighted by atomic mass is 9.76. The van der Waals surface area contributed by atoms with Crippen molar-refractivity contribution in [3.8, 4) is 0 Å². The zero-order valence-corrected chi connectivity index (χ0v) is 13.7. The van der Waals surface area contributed by atoms with Crippen LogP contribution in [0.2, 0.25) is 0 Å². The first-order valence-corrected chi connectivity index (χ1v) is 8.37. The highest BCUT2D eigenvalue weighted by Gasteiger charge is 2.29. The summed E-state index contributed by atoms with van der Waals surface area (Å²) >= 11 is 0. The predicted octanol–water partition coefficient (Wildman–Crippen LogP) is 2.42. The van der Waals surface area contributed by atoms with Crippen molar-refractivity contribution in [3.05, 3.63) is 30.1 Å². The minimum Gasteiger partial charge on any atom is -0.396 e. The molecular formula is C18H28N2O2. The molecule has 1 saturated carbocycles. The molecule has 1 aliphatic rings. The molecule has 4 heteroatoms. The molecule has 0 aliphatic heterocycles. The zero-order chi connectivity index (χ0) is 15.9. The van der Waals surface area contributed by atoms with E-state index < -0.39 is 0 Å². The van der Waals surface area contributed by atoms with Crippen molar-refractivity contribution in [1.29, 1.82) is 0 Å². The molecule has 3 atom stereocenters. The van der Waals surface area contributed by atoms with Gasteiger partial charge in [-0.05, 0) is 49.7 Å². The molecule has 22 heavy (non-hydrogen) atoms. The molecule has 1 heterocycles. The standard InChI is InChI=1S/C18H28N2O2/c1-13-7-14(2)9-16(8-13)18(22)20-11-15(12-21)10-17-5-3-4-6-19-17/h3-6,13-16,21H,7-12H2,1-2H3,(H,20,22). The monoisotopic (exact) mass is 304 g/mol. The van der Waals surface area contributed by atoms with Crippen molar-refractivity contribution in [1.82, 2.24) is 10.3 Å². The summed E-state index contributed by atoms with van der Waals surface area (Å²) in [5.41, 5.74) is 0.954. The summed E-state index contributed by atoms with van der Waals surface area (Å²) in [5.74, 6) is 1.56. The summed E-state index contributed by atoms with van der Waals surface area (Å²) in [6, 6.07) is 5.78. The number of carbonyl (C=O) groups excluding carboxylic acids is 1. The molecule has 2 rings (SSSR count). The molecule has 0 saturated heterocycles. The van der Waals surface area contributed by atoms with Gasteiger partial charge in [-0.2, -0.15) is 0 Å². The quantitative estimate of drug-likeness (QED) is 0.848. The molecular weight excluding hydrogens is 276 g/mol. The van der Waals surface area contributed by atoms with Crippen molar-refractivity contribution in [2.75, 3.05) is 13.2 Å². The van der Waals surface area contributed by atoms with Crippen molar-refractivity contribution in [2.45, 2.75) is 39.5 Å². The van der Waals surface area contributed by atoms with E-state index in [0.717, 1.165) is 18.5 Å². The van der Waals surface area contributed by atoms with E-state index in [1.165, 1.54) is 6.42 Å². The van der Waals surface area contributed by atoms with E-state index in [1.54, 1.807) is 6.20 Å². The fourth-order valence-electron chi connectivity index (χ4n) is 3.57. The van der Waals surface area contributed by atoms with Crippen LogP contribution in [0.5, 0.6) is 0 Å². The Hall–Kier alpha value is -1.42. The zero-order valence-electron chi connectivity index (χ0n) is 13.7. The highest BCUT2D eigenvalue weighted by Crippen LogP contribution is 2.32. The molecule has 0 aromatic carbocycles. The first-order chi connectivity index (χ1) is 10.6. The van der Waals surface area contributed by atoms with E-state index in [4.69, 9.17) is 0 Å². The van der Waals surface area contributed by atoms with Crippen LogP contribution >= 0.6 is 0 Å². The molecule has 0 bridgehead atoms. The fourth-order valence-corrected chi connectivity index (χ4v) is 3.57. The maximum absolute atomic E-state index is 12.4. The number of aliphatic hydroxyl groups is 1. The van der Waals surface area contributed by atoms with E-state index in [0.29, 0.717) is 24.8 Å². The van der Waals surface area contributed by atoms with Crippen molar-refractivity contribution >= 4 is 5.91 Å². The minimum absolute atomic E-state index is 0.0253.